The van der Waals surface area contributed by atoms with Crippen molar-refractivity contribution in [2.45, 2.75) is 13.5 Å². The molecule has 2 aromatic rings. The Hall–Kier alpha value is -2.11. The predicted molar refractivity (Wildman–Crippen MR) is 77.3 cm³/mol. The molecule has 6 heteroatoms. The molecule has 0 aromatic heterocycles. The van der Waals surface area contributed by atoms with Crippen LogP contribution < -0.4 is 10.5 Å². The van der Waals surface area contributed by atoms with E-state index in [-0.39, 0.29) is 11.4 Å². The molecule has 0 atom stereocenters. The van der Waals surface area contributed by atoms with Crippen molar-refractivity contribution < 1.29 is 9.66 Å². The Morgan fingerprint density at radius 1 is 1.30 bits per heavy atom. The third kappa shape index (κ3) is 3.07. The summed E-state index contributed by atoms with van der Waals surface area (Å²) in [5, 5.41) is 11.5. The number of hydrogen-bond donors (Lipinski definition) is 1. The first kappa shape index (κ1) is 14.3. The fourth-order valence-corrected chi connectivity index (χ4v) is 1.99. The summed E-state index contributed by atoms with van der Waals surface area (Å²) in [5.74, 6) is 0.608. The molecular weight excluding hydrogens is 280 g/mol. The molecule has 0 amide bonds. The SMILES string of the molecule is Cc1ccc(Oc2ccc(CN)c(Cl)c2)c([N+](=O)[O-])c1. The Kier molecular flexibility index (Phi) is 4.22. The Morgan fingerprint density at radius 2 is 2.05 bits per heavy atom. The van der Waals surface area contributed by atoms with Gasteiger partial charge in [0, 0.05) is 17.6 Å². The van der Waals surface area contributed by atoms with Crippen molar-refractivity contribution in [1.29, 1.82) is 0 Å². The Bertz CT molecular complexity index is 659. The van der Waals surface area contributed by atoms with E-state index in [1.807, 2.05) is 0 Å². The van der Waals surface area contributed by atoms with Crippen LogP contribution in [0.1, 0.15) is 11.1 Å². The average Bonchev–Trinajstić information content (AvgIpc) is 2.41. The second kappa shape index (κ2) is 5.90. The summed E-state index contributed by atoms with van der Waals surface area (Å²) < 4.78 is 5.54. The second-order valence-electron chi connectivity index (χ2n) is 4.29. The smallest absolute Gasteiger partial charge is 0.311 e. The van der Waals surface area contributed by atoms with Crippen LogP contribution in [0.5, 0.6) is 11.5 Å². The number of nitrogens with two attached hydrogens (primary N) is 1. The maximum Gasteiger partial charge on any atom is 0.311 e. The summed E-state index contributed by atoms with van der Waals surface area (Å²) >= 11 is 6.03. The van der Waals surface area contributed by atoms with Crippen LogP contribution in [0.3, 0.4) is 0 Å². The van der Waals surface area contributed by atoms with Crippen molar-refractivity contribution in [1.82, 2.24) is 0 Å². The van der Waals surface area contributed by atoms with Crippen molar-refractivity contribution in [3.05, 3.63) is 62.7 Å². The third-order valence-electron chi connectivity index (χ3n) is 2.78. The first-order chi connectivity index (χ1) is 9.51. The molecule has 0 heterocycles. The number of nitro groups is 1. The van der Waals surface area contributed by atoms with Gasteiger partial charge in [0.2, 0.25) is 5.75 Å². The number of ether oxygens (including phenoxy) is 1. The molecule has 0 unspecified atom stereocenters. The molecule has 0 radical (unpaired) electrons. The quantitative estimate of drug-likeness (QED) is 0.686. The van der Waals surface area contributed by atoms with E-state index in [1.165, 1.54) is 6.07 Å². The van der Waals surface area contributed by atoms with E-state index in [4.69, 9.17) is 22.1 Å². The molecule has 0 aliphatic heterocycles. The van der Waals surface area contributed by atoms with E-state index < -0.39 is 4.92 Å². The maximum atomic E-state index is 11.0. The van der Waals surface area contributed by atoms with E-state index >= 15 is 0 Å². The van der Waals surface area contributed by atoms with Gasteiger partial charge in [0.15, 0.2) is 0 Å². The van der Waals surface area contributed by atoms with E-state index in [9.17, 15) is 10.1 Å². The first-order valence-electron chi connectivity index (χ1n) is 5.92. The lowest BCUT2D eigenvalue weighted by Crippen LogP contribution is -1.98. The van der Waals surface area contributed by atoms with Crippen LogP contribution in [-0.2, 0) is 6.54 Å². The zero-order valence-electron chi connectivity index (χ0n) is 10.8. The third-order valence-corrected chi connectivity index (χ3v) is 3.14. The van der Waals surface area contributed by atoms with Gasteiger partial charge < -0.3 is 10.5 Å². The highest BCUT2D eigenvalue weighted by molar-refractivity contribution is 6.31. The molecule has 0 bridgehead atoms. The minimum atomic E-state index is -0.474. The fraction of sp³-hybridized carbons (Fsp3) is 0.143. The van der Waals surface area contributed by atoms with Gasteiger partial charge in [-0.05, 0) is 36.2 Å². The molecule has 0 saturated carbocycles. The van der Waals surface area contributed by atoms with Crippen molar-refractivity contribution in [2.24, 2.45) is 5.73 Å². The molecule has 0 fully saturated rings. The molecule has 0 spiro atoms. The number of hydrogen-bond acceptors (Lipinski definition) is 4. The summed E-state index contributed by atoms with van der Waals surface area (Å²) in [4.78, 5) is 10.5. The van der Waals surface area contributed by atoms with Crippen molar-refractivity contribution >= 4 is 17.3 Å². The molecule has 0 aliphatic rings. The Balaban J connectivity index is 2.35. The van der Waals surface area contributed by atoms with Gasteiger partial charge in [-0.1, -0.05) is 23.7 Å². The zero-order valence-corrected chi connectivity index (χ0v) is 11.6. The van der Waals surface area contributed by atoms with E-state index in [1.54, 1.807) is 37.3 Å². The standard InChI is InChI=1S/C14H13ClN2O3/c1-9-2-5-14(13(6-9)17(18)19)20-11-4-3-10(8-16)12(15)7-11/h2-7H,8,16H2,1H3. The number of nitro benzene ring substituents is 1. The van der Waals surface area contributed by atoms with Crippen molar-refractivity contribution in [2.75, 3.05) is 0 Å². The minimum absolute atomic E-state index is 0.0796. The lowest BCUT2D eigenvalue weighted by Gasteiger charge is -2.08. The number of nitrogens with zero attached hydrogens (tertiary/aromatic N) is 1. The van der Waals surface area contributed by atoms with Gasteiger partial charge in [-0.25, -0.2) is 0 Å². The minimum Gasteiger partial charge on any atom is -0.450 e. The maximum absolute atomic E-state index is 11.0. The van der Waals surface area contributed by atoms with Gasteiger partial charge in [0.25, 0.3) is 0 Å². The summed E-state index contributed by atoms with van der Waals surface area (Å²) in [7, 11) is 0. The van der Waals surface area contributed by atoms with E-state index in [0.717, 1.165) is 11.1 Å². The lowest BCUT2D eigenvalue weighted by atomic mass is 10.2. The average molecular weight is 293 g/mol. The molecular formula is C14H13ClN2O3. The molecule has 2 aromatic carbocycles. The van der Waals surface area contributed by atoms with Crippen LogP contribution in [0, 0.1) is 17.0 Å². The molecule has 2 rings (SSSR count). The fourth-order valence-electron chi connectivity index (χ4n) is 1.74. The highest BCUT2D eigenvalue weighted by Crippen LogP contribution is 2.33. The Labute approximate surface area is 121 Å². The molecule has 0 saturated heterocycles. The zero-order chi connectivity index (χ0) is 14.7. The molecule has 5 nitrogen and oxygen atoms in total. The normalized spacial score (nSPS) is 10.3. The van der Waals surface area contributed by atoms with Gasteiger partial charge in [-0.3, -0.25) is 10.1 Å². The monoisotopic (exact) mass is 292 g/mol. The Morgan fingerprint density at radius 3 is 2.65 bits per heavy atom. The topological polar surface area (TPSA) is 78.4 Å². The number of benzene rings is 2. The van der Waals surface area contributed by atoms with Gasteiger partial charge in [0.1, 0.15) is 5.75 Å². The molecule has 2 N–H and O–H groups in total. The van der Waals surface area contributed by atoms with Gasteiger partial charge in [-0.15, -0.1) is 0 Å². The largest absolute Gasteiger partial charge is 0.450 e. The second-order valence-corrected chi connectivity index (χ2v) is 4.69. The van der Waals surface area contributed by atoms with Crippen LogP contribution in [0.4, 0.5) is 5.69 Å². The summed E-state index contributed by atoms with van der Waals surface area (Å²) in [6.07, 6.45) is 0. The molecule has 104 valence electrons. The summed E-state index contributed by atoms with van der Waals surface area (Å²) in [6.45, 7) is 2.10. The van der Waals surface area contributed by atoms with Gasteiger partial charge in [0.05, 0.1) is 4.92 Å². The highest BCUT2D eigenvalue weighted by Gasteiger charge is 2.16. The van der Waals surface area contributed by atoms with Crippen LogP contribution in [0.15, 0.2) is 36.4 Å². The van der Waals surface area contributed by atoms with Crippen LogP contribution >= 0.6 is 11.6 Å². The summed E-state index contributed by atoms with van der Waals surface area (Å²) in [6, 6.07) is 9.78. The number of halogens is 1. The van der Waals surface area contributed by atoms with Gasteiger partial charge in [-0.2, -0.15) is 0 Å². The number of aryl methyl sites for hydroxylation is 1. The van der Waals surface area contributed by atoms with Crippen LogP contribution in [-0.4, -0.2) is 4.92 Å². The first-order valence-corrected chi connectivity index (χ1v) is 6.30. The van der Waals surface area contributed by atoms with Gasteiger partial charge >= 0.3 is 5.69 Å². The number of rotatable bonds is 4. The van der Waals surface area contributed by atoms with Crippen LogP contribution in [0.2, 0.25) is 5.02 Å². The summed E-state index contributed by atoms with van der Waals surface area (Å²) in [5.41, 5.74) is 7.02. The van der Waals surface area contributed by atoms with E-state index in [0.29, 0.717) is 17.3 Å². The lowest BCUT2D eigenvalue weighted by molar-refractivity contribution is -0.385. The van der Waals surface area contributed by atoms with E-state index in [2.05, 4.69) is 0 Å². The van der Waals surface area contributed by atoms with Crippen molar-refractivity contribution in [3.8, 4) is 11.5 Å². The predicted octanol–water partition coefficient (Wildman–Crippen LogP) is 3.81. The van der Waals surface area contributed by atoms with Crippen molar-refractivity contribution in [3.63, 3.8) is 0 Å². The molecule has 0 aliphatic carbocycles. The molecule has 20 heavy (non-hydrogen) atoms. The highest BCUT2D eigenvalue weighted by atomic mass is 35.5. The van der Waals surface area contributed by atoms with Crippen LogP contribution in [0.25, 0.3) is 0 Å².